The van der Waals surface area contributed by atoms with E-state index in [0.717, 1.165) is 11.8 Å². The van der Waals surface area contributed by atoms with E-state index in [2.05, 4.69) is 9.89 Å². The van der Waals surface area contributed by atoms with Crippen molar-refractivity contribution in [3.63, 3.8) is 0 Å². The Morgan fingerprint density at radius 3 is 2.84 bits per heavy atom. The van der Waals surface area contributed by atoms with Crippen LogP contribution in [0.1, 0.15) is 5.56 Å². The molecule has 0 atom stereocenters. The third-order valence-electron chi connectivity index (χ3n) is 2.15. The van der Waals surface area contributed by atoms with Crippen LogP contribution in [0, 0.1) is 0 Å². The van der Waals surface area contributed by atoms with E-state index in [0.29, 0.717) is 12.2 Å². The largest absolute Gasteiger partial charge is 0.500 e. The lowest BCUT2D eigenvalue weighted by Gasteiger charge is -2.08. The summed E-state index contributed by atoms with van der Waals surface area (Å²) in [6.45, 7) is 0. The highest BCUT2D eigenvalue weighted by molar-refractivity contribution is 5.86. The van der Waals surface area contributed by atoms with Crippen molar-refractivity contribution in [2.45, 2.75) is 6.42 Å². The maximum Gasteiger partial charge on any atom is 0.377 e. The molecule has 1 N–H and O–H groups in total. The van der Waals surface area contributed by atoms with Crippen LogP contribution in [0.2, 0.25) is 0 Å². The highest BCUT2D eigenvalue weighted by Gasteiger charge is 2.13. The molecule has 0 aliphatic heterocycles. The first-order valence-electron chi connectivity index (χ1n) is 5.45. The predicted molar refractivity (Wildman–Crippen MR) is 68.2 cm³/mol. The molecule has 0 fully saturated rings. The van der Waals surface area contributed by atoms with Crippen LogP contribution in [0.3, 0.4) is 0 Å². The van der Waals surface area contributed by atoms with E-state index >= 15 is 0 Å². The van der Waals surface area contributed by atoms with E-state index in [1.54, 1.807) is 18.2 Å². The molecule has 1 rings (SSSR count). The predicted octanol–water partition coefficient (Wildman–Crippen LogP) is 1.73. The summed E-state index contributed by atoms with van der Waals surface area (Å²) in [6.07, 6.45) is 2.97. The lowest BCUT2D eigenvalue weighted by molar-refractivity contribution is -0.138. The molecule has 0 aromatic heterocycles. The van der Waals surface area contributed by atoms with Gasteiger partial charge in [-0.3, -0.25) is 0 Å². The number of carbonyl (C=O) groups is 1. The molecule has 0 unspecified atom stereocenters. The number of carbonyl (C=O) groups excluding carboxylic acids is 1. The number of hydrogen-bond acceptors (Lipinski definition) is 6. The summed E-state index contributed by atoms with van der Waals surface area (Å²) in [4.78, 5) is 11.4. The summed E-state index contributed by atoms with van der Waals surface area (Å²) >= 11 is 0. The van der Waals surface area contributed by atoms with Gasteiger partial charge in [-0.05, 0) is 17.7 Å². The smallest absolute Gasteiger partial charge is 0.377 e. The molecule has 0 heterocycles. The van der Waals surface area contributed by atoms with Crippen molar-refractivity contribution in [3.05, 3.63) is 41.9 Å². The van der Waals surface area contributed by atoms with Gasteiger partial charge in [-0.2, -0.15) is 0 Å². The Morgan fingerprint density at radius 1 is 1.42 bits per heavy atom. The molecular weight excluding hydrogens is 250 g/mol. The van der Waals surface area contributed by atoms with Gasteiger partial charge in [0.1, 0.15) is 12.0 Å². The van der Waals surface area contributed by atoms with Crippen LogP contribution in [0.5, 0.6) is 5.75 Å². The van der Waals surface area contributed by atoms with Gasteiger partial charge in [0, 0.05) is 12.6 Å². The average Bonchev–Trinajstić information content (AvgIpc) is 2.44. The zero-order valence-electron chi connectivity index (χ0n) is 10.7. The molecule has 0 saturated heterocycles. The van der Waals surface area contributed by atoms with Crippen LogP contribution in [0.25, 0.3) is 0 Å². The van der Waals surface area contributed by atoms with Crippen LogP contribution in [-0.2, 0) is 20.7 Å². The molecule has 6 nitrogen and oxygen atoms in total. The number of nitrogens with zero attached hydrogens (tertiary/aromatic N) is 1. The first-order valence-corrected chi connectivity index (χ1v) is 5.45. The SMILES string of the molecule is COC=C(Oc1cccc(CC=NO)c1)C(=O)OC. The molecule has 1 aromatic carbocycles. The number of benzene rings is 1. The fourth-order valence-corrected chi connectivity index (χ4v) is 1.33. The molecule has 0 aliphatic rings. The third-order valence-corrected chi connectivity index (χ3v) is 2.15. The highest BCUT2D eigenvalue weighted by atomic mass is 16.6. The Kier molecular flexibility index (Phi) is 5.94. The lowest BCUT2D eigenvalue weighted by Crippen LogP contribution is -2.11. The van der Waals surface area contributed by atoms with E-state index < -0.39 is 5.97 Å². The molecule has 102 valence electrons. The number of esters is 1. The molecule has 1 aromatic rings. The van der Waals surface area contributed by atoms with Crippen LogP contribution < -0.4 is 4.74 Å². The van der Waals surface area contributed by atoms with Gasteiger partial charge >= 0.3 is 5.97 Å². The Bertz CT molecular complexity index is 482. The third kappa shape index (κ3) is 4.71. The quantitative estimate of drug-likeness (QED) is 0.212. The van der Waals surface area contributed by atoms with Gasteiger partial charge in [-0.1, -0.05) is 12.1 Å². The van der Waals surface area contributed by atoms with E-state index in [1.807, 2.05) is 6.07 Å². The van der Waals surface area contributed by atoms with Gasteiger partial charge in [-0.15, -0.1) is 5.16 Å². The van der Waals surface area contributed by atoms with Crippen LogP contribution in [-0.4, -0.2) is 31.6 Å². The van der Waals surface area contributed by atoms with E-state index in [1.165, 1.54) is 20.4 Å². The normalized spacial score (nSPS) is 11.4. The van der Waals surface area contributed by atoms with Gasteiger partial charge in [0.05, 0.1) is 14.2 Å². The zero-order valence-corrected chi connectivity index (χ0v) is 10.7. The average molecular weight is 265 g/mol. The summed E-state index contributed by atoms with van der Waals surface area (Å²) in [5.74, 6) is -0.236. The summed E-state index contributed by atoms with van der Waals surface area (Å²) in [5, 5.41) is 11.3. The van der Waals surface area contributed by atoms with Gasteiger partial charge in [0.25, 0.3) is 0 Å². The molecule has 0 aliphatic carbocycles. The van der Waals surface area contributed by atoms with E-state index in [-0.39, 0.29) is 5.76 Å². The van der Waals surface area contributed by atoms with Crippen molar-refractivity contribution in [1.29, 1.82) is 0 Å². The molecule has 19 heavy (non-hydrogen) atoms. The molecular formula is C13H15NO5. The van der Waals surface area contributed by atoms with Gasteiger partial charge in [0.2, 0.25) is 5.76 Å². The zero-order chi connectivity index (χ0) is 14.1. The van der Waals surface area contributed by atoms with Crippen LogP contribution in [0.15, 0.2) is 41.4 Å². The van der Waals surface area contributed by atoms with Crippen molar-refractivity contribution in [1.82, 2.24) is 0 Å². The minimum Gasteiger partial charge on any atom is -0.500 e. The Balaban J connectivity index is 2.85. The summed E-state index contributed by atoms with van der Waals surface area (Å²) in [6, 6.07) is 7.00. The molecule has 0 saturated carbocycles. The van der Waals surface area contributed by atoms with Crippen LogP contribution in [0.4, 0.5) is 0 Å². The molecule has 0 amide bonds. The molecule has 0 bridgehead atoms. The van der Waals surface area contributed by atoms with Crippen molar-refractivity contribution in [2.75, 3.05) is 14.2 Å². The number of rotatable bonds is 6. The molecule has 6 heteroatoms. The number of oxime groups is 1. The monoisotopic (exact) mass is 265 g/mol. The summed E-state index contributed by atoms with van der Waals surface area (Å²) in [7, 11) is 2.66. The number of methoxy groups -OCH3 is 2. The Labute approximate surface area is 110 Å². The van der Waals surface area contributed by atoms with Crippen molar-refractivity contribution in [3.8, 4) is 5.75 Å². The minimum atomic E-state index is -0.635. The maximum atomic E-state index is 11.4. The van der Waals surface area contributed by atoms with Crippen LogP contribution >= 0.6 is 0 Å². The Morgan fingerprint density at radius 2 is 2.21 bits per heavy atom. The second kappa shape index (κ2) is 7.75. The second-order valence-electron chi connectivity index (χ2n) is 3.46. The Hall–Kier alpha value is -2.50. The molecule has 0 spiro atoms. The van der Waals surface area contributed by atoms with Crippen molar-refractivity contribution < 1.29 is 24.2 Å². The number of hydrogen-bond donors (Lipinski definition) is 1. The highest BCUT2D eigenvalue weighted by Crippen LogP contribution is 2.17. The first-order chi connectivity index (χ1) is 9.21. The standard InChI is InChI=1S/C13H15NO5/c1-17-9-12(13(15)18-2)19-11-5-3-4-10(8-11)6-7-14-16/h3-5,7-9,16H,6H2,1-2H3. The first kappa shape index (κ1) is 14.6. The number of ether oxygens (including phenoxy) is 3. The summed E-state index contributed by atoms with van der Waals surface area (Å²) < 4.78 is 14.7. The van der Waals surface area contributed by atoms with Gasteiger partial charge in [0.15, 0.2) is 0 Å². The van der Waals surface area contributed by atoms with Gasteiger partial charge in [-0.25, -0.2) is 4.79 Å². The second-order valence-corrected chi connectivity index (χ2v) is 3.46. The van der Waals surface area contributed by atoms with Gasteiger partial charge < -0.3 is 19.4 Å². The summed E-state index contributed by atoms with van der Waals surface area (Å²) in [5.41, 5.74) is 0.872. The fraction of sp³-hybridized carbons (Fsp3) is 0.231. The maximum absolute atomic E-state index is 11.4. The fourth-order valence-electron chi connectivity index (χ4n) is 1.33. The molecule has 0 radical (unpaired) electrons. The van der Waals surface area contributed by atoms with Crippen molar-refractivity contribution >= 4 is 12.2 Å². The van der Waals surface area contributed by atoms with E-state index in [4.69, 9.17) is 14.7 Å². The van der Waals surface area contributed by atoms with Crippen molar-refractivity contribution in [2.24, 2.45) is 5.16 Å². The van der Waals surface area contributed by atoms with E-state index in [9.17, 15) is 4.79 Å². The minimum absolute atomic E-state index is 0.0574. The lowest BCUT2D eigenvalue weighted by atomic mass is 10.1. The topological polar surface area (TPSA) is 77.4 Å².